The van der Waals surface area contributed by atoms with E-state index >= 15 is 0 Å². The summed E-state index contributed by atoms with van der Waals surface area (Å²) in [6.45, 7) is 8.25. The van der Waals surface area contributed by atoms with Crippen LogP contribution in [0.5, 0.6) is 0 Å². The summed E-state index contributed by atoms with van der Waals surface area (Å²) < 4.78 is 6.29. The third kappa shape index (κ3) is 4.65. The molecule has 4 heteroatoms. The minimum atomic E-state index is 0.463. The van der Waals surface area contributed by atoms with Crippen molar-refractivity contribution in [3.05, 3.63) is 0 Å². The maximum atomic E-state index is 6.29. The molecule has 2 aliphatic heterocycles. The highest BCUT2D eigenvalue weighted by Crippen LogP contribution is 2.24. The van der Waals surface area contributed by atoms with Crippen molar-refractivity contribution < 1.29 is 4.74 Å². The third-order valence-electron chi connectivity index (χ3n) is 5.34. The number of nitrogens with zero attached hydrogens (tertiary/aromatic N) is 2. The van der Waals surface area contributed by atoms with Gasteiger partial charge in [0.1, 0.15) is 0 Å². The van der Waals surface area contributed by atoms with Crippen molar-refractivity contribution in [2.24, 2.45) is 0 Å². The van der Waals surface area contributed by atoms with Gasteiger partial charge in [-0.3, -0.25) is 4.90 Å². The Labute approximate surface area is 130 Å². The number of hydrogen-bond acceptors (Lipinski definition) is 4. The highest BCUT2D eigenvalue weighted by molar-refractivity contribution is 4.86. The average Bonchev–Trinajstić information content (AvgIpc) is 3.23. The second-order valence-corrected chi connectivity index (χ2v) is 7.31. The zero-order valence-corrected chi connectivity index (χ0v) is 13.9. The van der Waals surface area contributed by atoms with E-state index in [0.29, 0.717) is 18.2 Å². The van der Waals surface area contributed by atoms with E-state index in [-0.39, 0.29) is 0 Å². The van der Waals surface area contributed by atoms with E-state index in [1.807, 2.05) is 0 Å². The molecule has 0 spiro atoms. The fourth-order valence-electron chi connectivity index (χ4n) is 3.83. The maximum absolute atomic E-state index is 6.29. The third-order valence-corrected chi connectivity index (χ3v) is 5.34. The lowest BCUT2D eigenvalue weighted by molar-refractivity contribution is 0.0142. The molecule has 0 amide bonds. The van der Waals surface area contributed by atoms with Crippen LogP contribution in [0.3, 0.4) is 0 Å². The minimum Gasteiger partial charge on any atom is -0.372 e. The minimum absolute atomic E-state index is 0.463. The largest absolute Gasteiger partial charge is 0.372 e. The molecular weight excluding hydrogens is 262 g/mol. The Hall–Kier alpha value is -0.160. The molecule has 1 saturated carbocycles. The zero-order valence-electron chi connectivity index (χ0n) is 13.9. The Bertz CT molecular complexity index is 321. The molecule has 1 N–H and O–H groups in total. The van der Waals surface area contributed by atoms with Crippen LogP contribution < -0.4 is 5.32 Å². The molecule has 3 unspecified atom stereocenters. The number of likely N-dealkylation sites (N-methyl/N-ethyl adjacent to an activating group) is 1. The first-order valence-corrected chi connectivity index (χ1v) is 9.06. The smallest absolute Gasteiger partial charge is 0.0707 e. The Kier molecular flexibility index (Phi) is 5.54. The first kappa shape index (κ1) is 15.7. The molecule has 0 aromatic heterocycles. The van der Waals surface area contributed by atoms with Crippen LogP contribution in [-0.2, 0) is 4.74 Å². The molecule has 0 radical (unpaired) electrons. The molecule has 3 rings (SSSR count). The second kappa shape index (κ2) is 7.40. The van der Waals surface area contributed by atoms with E-state index in [1.54, 1.807) is 0 Å². The fourth-order valence-corrected chi connectivity index (χ4v) is 3.83. The molecule has 3 aliphatic rings. The molecule has 1 aliphatic carbocycles. The van der Waals surface area contributed by atoms with Gasteiger partial charge in [-0.25, -0.2) is 0 Å². The van der Waals surface area contributed by atoms with Crippen molar-refractivity contribution in [3.63, 3.8) is 0 Å². The molecule has 3 atom stereocenters. The molecular formula is C17H33N3O. The van der Waals surface area contributed by atoms with E-state index in [0.717, 1.165) is 19.1 Å². The van der Waals surface area contributed by atoms with Gasteiger partial charge < -0.3 is 15.0 Å². The van der Waals surface area contributed by atoms with Crippen molar-refractivity contribution in [1.82, 2.24) is 15.1 Å². The summed E-state index contributed by atoms with van der Waals surface area (Å²) in [5.74, 6) is 0. The highest BCUT2D eigenvalue weighted by atomic mass is 16.5. The molecule has 0 aromatic rings. The molecule has 2 heterocycles. The predicted octanol–water partition coefficient (Wildman–Crippen LogP) is 1.70. The lowest BCUT2D eigenvalue weighted by atomic mass is 10.1. The van der Waals surface area contributed by atoms with Crippen molar-refractivity contribution in [2.75, 3.05) is 39.8 Å². The number of nitrogens with one attached hydrogen (secondary N) is 1. The lowest BCUT2D eigenvalue weighted by Gasteiger charge is -2.32. The Balaban J connectivity index is 1.44. The molecule has 0 bridgehead atoms. The van der Waals surface area contributed by atoms with Crippen LogP contribution in [-0.4, -0.2) is 73.9 Å². The van der Waals surface area contributed by atoms with Crippen molar-refractivity contribution in [2.45, 2.75) is 69.7 Å². The van der Waals surface area contributed by atoms with E-state index in [1.165, 1.54) is 58.2 Å². The number of rotatable bonds is 6. The van der Waals surface area contributed by atoms with E-state index in [4.69, 9.17) is 4.74 Å². The maximum Gasteiger partial charge on any atom is 0.0707 e. The second-order valence-electron chi connectivity index (χ2n) is 7.31. The molecule has 21 heavy (non-hydrogen) atoms. The van der Waals surface area contributed by atoms with Crippen LogP contribution in [0.4, 0.5) is 0 Å². The van der Waals surface area contributed by atoms with Crippen LogP contribution >= 0.6 is 0 Å². The lowest BCUT2D eigenvalue weighted by Crippen LogP contribution is -2.43. The van der Waals surface area contributed by atoms with Crippen molar-refractivity contribution in [3.8, 4) is 0 Å². The van der Waals surface area contributed by atoms with Gasteiger partial charge in [0.05, 0.1) is 12.2 Å². The van der Waals surface area contributed by atoms with Crippen LogP contribution in [0.15, 0.2) is 0 Å². The molecule has 3 fully saturated rings. The molecule has 122 valence electrons. The summed E-state index contributed by atoms with van der Waals surface area (Å²) in [7, 11) is 2.26. The topological polar surface area (TPSA) is 27.7 Å². The average molecular weight is 295 g/mol. The van der Waals surface area contributed by atoms with Gasteiger partial charge in [-0.2, -0.15) is 0 Å². The Morgan fingerprint density at radius 3 is 2.67 bits per heavy atom. The normalized spacial score (nSPS) is 36.0. The van der Waals surface area contributed by atoms with Gasteiger partial charge in [0.25, 0.3) is 0 Å². The van der Waals surface area contributed by atoms with Crippen LogP contribution in [0.2, 0.25) is 0 Å². The van der Waals surface area contributed by atoms with Gasteiger partial charge in [-0.05, 0) is 58.7 Å². The van der Waals surface area contributed by atoms with Gasteiger partial charge in [0, 0.05) is 31.7 Å². The summed E-state index contributed by atoms with van der Waals surface area (Å²) in [4.78, 5) is 5.19. The summed E-state index contributed by atoms with van der Waals surface area (Å²) in [5.41, 5.74) is 0. The van der Waals surface area contributed by atoms with Crippen LogP contribution in [0, 0.1) is 0 Å². The van der Waals surface area contributed by atoms with Gasteiger partial charge in [-0.15, -0.1) is 0 Å². The zero-order chi connectivity index (χ0) is 14.7. The van der Waals surface area contributed by atoms with Gasteiger partial charge >= 0.3 is 0 Å². The van der Waals surface area contributed by atoms with E-state index in [9.17, 15) is 0 Å². The number of ether oxygens (including phenoxy) is 1. The first-order valence-electron chi connectivity index (χ1n) is 9.06. The van der Waals surface area contributed by atoms with Gasteiger partial charge in [0.15, 0.2) is 0 Å². The van der Waals surface area contributed by atoms with Gasteiger partial charge in [0.2, 0.25) is 0 Å². The summed E-state index contributed by atoms with van der Waals surface area (Å²) in [6, 6.07) is 1.52. The summed E-state index contributed by atoms with van der Waals surface area (Å²) in [6.07, 6.45) is 8.72. The number of hydrogen-bond donors (Lipinski definition) is 1. The molecule has 2 saturated heterocycles. The SMILES string of the molecule is CCC1CN(C)CCCN1CC1CCC(CNC2CC2)O1. The van der Waals surface area contributed by atoms with E-state index < -0.39 is 0 Å². The van der Waals surface area contributed by atoms with Crippen LogP contribution in [0.25, 0.3) is 0 Å². The predicted molar refractivity (Wildman–Crippen MR) is 86.7 cm³/mol. The first-order chi connectivity index (χ1) is 10.2. The fraction of sp³-hybridized carbons (Fsp3) is 1.00. The molecule has 0 aromatic carbocycles. The molecule has 4 nitrogen and oxygen atoms in total. The van der Waals surface area contributed by atoms with Gasteiger partial charge in [-0.1, -0.05) is 6.92 Å². The highest BCUT2D eigenvalue weighted by Gasteiger charge is 2.31. The van der Waals surface area contributed by atoms with Crippen molar-refractivity contribution >= 4 is 0 Å². The monoisotopic (exact) mass is 295 g/mol. The Morgan fingerprint density at radius 2 is 1.90 bits per heavy atom. The Morgan fingerprint density at radius 1 is 1.10 bits per heavy atom. The van der Waals surface area contributed by atoms with E-state index in [2.05, 4.69) is 29.1 Å². The van der Waals surface area contributed by atoms with Crippen LogP contribution in [0.1, 0.15) is 45.4 Å². The summed E-state index contributed by atoms with van der Waals surface area (Å²) in [5, 5.41) is 3.61. The van der Waals surface area contributed by atoms with Crippen molar-refractivity contribution in [1.29, 1.82) is 0 Å². The standard InChI is InChI=1S/C17H33N3O/c1-3-15-12-19(2)9-4-10-20(15)13-17-8-7-16(21-17)11-18-14-5-6-14/h14-18H,3-13H2,1-2H3. The quantitative estimate of drug-likeness (QED) is 0.807. The summed E-state index contributed by atoms with van der Waals surface area (Å²) >= 11 is 0.